The van der Waals surface area contributed by atoms with E-state index < -0.39 is 0 Å². The maximum absolute atomic E-state index is 12.5. The number of hydrogen-bond donors (Lipinski definition) is 3. The zero-order valence-corrected chi connectivity index (χ0v) is 18.0. The van der Waals surface area contributed by atoms with Crippen LogP contribution in [0.2, 0.25) is 0 Å². The molecule has 2 unspecified atom stereocenters. The van der Waals surface area contributed by atoms with Crippen molar-refractivity contribution in [2.75, 3.05) is 32.8 Å². The number of nitrogens with zero attached hydrogens (tertiary/aromatic N) is 2. The maximum Gasteiger partial charge on any atom is 0.244 e. The van der Waals surface area contributed by atoms with Crippen LogP contribution in [0.1, 0.15) is 18.1 Å². The molecule has 1 saturated heterocycles. The van der Waals surface area contributed by atoms with Gasteiger partial charge in [0.25, 0.3) is 0 Å². The van der Waals surface area contributed by atoms with Crippen molar-refractivity contribution in [3.05, 3.63) is 65.5 Å². The Labute approximate surface area is 183 Å². The van der Waals surface area contributed by atoms with Crippen molar-refractivity contribution in [3.8, 4) is 0 Å². The highest BCUT2D eigenvalue weighted by Crippen LogP contribution is 2.22. The van der Waals surface area contributed by atoms with Gasteiger partial charge in [0.15, 0.2) is 0 Å². The number of thiol groups is 1. The topological polar surface area (TPSA) is 78.3 Å². The first-order chi connectivity index (χ1) is 14.6. The second kappa shape index (κ2) is 11.1. The number of nitrogens with one attached hydrogen (secondary N) is 2. The predicted octanol–water partition coefficient (Wildman–Crippen LogP) is 2.96. The van der Waals surface area contributed by atoms with E-state index in [0.29, 0.717) is 4.91 Å². The minimum absolute atomic E-state index is 0.0396. The number of pyridine rings is 1. The summed E-state index contributed by atoms with van der Waals surface area (Å²) in [6, 6.07) is 1.77. The molecule has 0 radical (unpaired) electrons. The minimum atomic E-state index is -0.159. The van der Waals surface area contributed by atoms with Crippen molar-refractivity contribution in [1.29, 1.82) is 5.41 Å². The zero-order valence-electron chi connectivity index (χ0n) is 17.1. The lowest BCUT2D eigenvalue weighted by Crippen LogP contribution is -2.40. The number of carbonyl (C=O) groups is 1. The van der Waals surface area contributed by atoms with Gasteiger partial charge < -0.3 is 15.5 Å². The fraction of sp³-hybridized carbons (Fsp3) is 0.348. The van der Waals surface area contributed by atoms with Gasteiger partial charge in [0.1, 0.15) is 0 Å². The molecule has 0 spiro atoms. The summed E-state index contributed by atoms with van der Waals surface area (Å²) in [5, 5.41) is 10.3. The molecule has 30 heavy (non-hydrogen) atoms. The molecule has 158 valence electrons. The average molecular weight is 425 g/mol. The van der Waals surface area contributed by atoms with Gasteiger partial charge in [-0.15, -0.1) is 12.6 Å². The van der Waals surface area contributed by atoms with E-state index in [-0.39, 0.29) is 17.9 Å². The molecule has 2 aliphatic rings. The molecular weight excluding hydrogens is 396 g/mol. The van der Waals surface area contributed by atoms with Crippen LogP contribution in [-0.2, 0) is 9.53 Å². The van der Waals surface area contributed by atoms with Crippen LogP contribution < -0.4 is 5.32 Å². The SMILES string of the molecule is CC1C=C(CN2CCOCC2)C=CC1NC(=O)/C=C/c1cnccc1/C(S)=C/C=N. The fourth-order valence-electron chi connectivity index (χ4n) is 3.52. The highest BCUT2D eigenvalue weighted by Gasteiger charge is 2.20. The summed E-state index contributed by atoms with van der Waals surface area (Å²) in [6.07, 6.45) is 15.8. The smallest absolute Gasteiger partial charge is 0.244 e. The third-order valence-electron chi connectivity index (χ3n) is 5.16. The maximum atomic E-state index is 12.5. The van der Waals surface area contributed by atoms with Crippen LogP contribution >= 0.6 is 12.6 Å². The van der Waals surface area contributed by atoms with Gasteiger partial charge in [0.2, 0.25) is 5.91 Å². The molecule has 0 aromatic carbocycles. The van der Waals surface area contributed by atoms with E-state index in [0.717, 1.165) is 44.0 Å². The number of amides is 1. The Morgan fingerprint density at radius 2 is 2.23 bits per heavy atom. The standard InChI is InChI=1S/C23H28N4O2S/c1-17-14-18(16-27-10-12-29-13-11-27)2-4-21(17)26-23(28)5-3-19-15-25-9-7-20(19)22(30)6-8-24/h2-9,14-15,17,21,24,30H,10-13,16H2,1H3,(H,26,28)/b5-3+,22-6-,24-8?. The Morgan fingerprint density at radius 3 is 2.97 bits per heavy atom. The van der Waals surface area contributed by atoms with Gasteiger partial charge >= 0.3 is 0 Å². The van der Waals surface area contributed by atoms with Crippen LogP contribution in [0.3, 0.4) is 0 Å². The number of ether oxygens (including phenoxy) is 1. The van der Waals surface area contributed by atoms with Crippen LogP contribution in [0.25, 0.3) is 11.0 Å². The first-order valence-corrected chi connectivity index (χ1v) is 10.5. The molecule has 7 heteroatoms. The lowest BCUT2D eigenvalue weighted by molar-refractivity contribution is -0.117. The Balaban J connectivity index is 1.58. The Morgan fingerprint density at radius 1 is 1.43 bits per heavy atom. The summed E-state index contributed by atoms with van der Waals surface area (Å²) >= 11 is 4.41. The first-order valence-electron chi connectivity index (χ1n) is 10.1. The van der Waals surface area contributed by atoms with Crippen molar-refractivity contribution < 1.29 is 9.53 Å². The summed E-state index contributed by atoms with van der Waals surface area (Å²) in [7, 11) is 0. The fourth-order valence-corrected chi connectivity index (χ4v) is 3.80. The molecule has 2 atom stereocenters. The van der Waals surface area contributed by atoms with E-state index in [9.17, 15) is 4.79 Å². The quantitative estimate of drug-likeness (QED) is 0.357. The van der Waals surface area contributed by atoms with Crippen molar-refractivity contribution in [3.63, 3.8) is 0 Å². The van der Waals surface area contributed by atoms with Gasteiger partial charge in [-0.3, -0.25) is 14.7 Å². The average Bonchev–Trinajstić information content (AvgIpc) is 2.75. The molecule has 3 rings (SSSR count). The number of aromatic nitrogens is 1. The molecule has 1 aromatic heterocycles. The van der Waals surface area contributed by atoms with Crippen LogP contribution in [0.4, 0.5) is 0 Å². The Kier molecular flexibility index (Phi) is 8.19. The first kappa shape index (κ1) is 22.2. The van der Waals surface area contributed by atoms with Crippen molar-refractivity contribution >= 4 is 35.7 Å². The normalized spacial score (nSPS) is 22.7. The molecule has 1 aliphatic carbocycles. The molecule has 2 heterocycles. The van der Waals surface area contributed by atoms with Gasteiger partial charge in [0.05, 0.1) is 19.3 Å². The van der Waals surface area contributed by atoms with Crippen molar-refractivity contribution in [2.24, 2.45) is 5.92 Å². The third kappa shape index (κ3) is 6.26. The van der Waals surface area contributed by atoms with Crippen molar-refractivity contribution in [2.45, 2.75) is 13.0 Å². The van der Waals surface area contributed by atoms with Gasteiger partial charge in [0, 0.05) is 54.8 Å². The minimum Gasteiger partial charge on any atom is -0.379 e. The highest BCUT2D eigenvalue weighted by atomic mass is 32.1. The molecule has 0 bridgehead atoms. The highest BCUT2D eigenvalue weighted by molar-refractivity contribution is 7.90. The molecule has 1 aromatic rings. The van der Waals surface area contributed by atoms with Crippen LogP contribution in [0, 0.1) is 11.3 Å². The number of carbonyl (C=O) groups excluding carboxylic acids is 1. The molecule has 6 nitrogen and oxygen atoms in total. The van der Waals surface area contributed by atoms with E-state index in [1.807, 2.05) is 6.07 Å². The summed E-state index contributed by atoms with van der Waals surface area (Å²) in [4.78, 5) is 19.6. The van der Waals surface area contributed by atoms with E-state index in [1.165, 1.54) is 17.9 Å². The molecule has 1 amide bonds. The Bertz CT molecular complexity index is 885. The van der Waals surface area contributed by atoms with E-state index in [1.54, 1.807) is 24.5 Å². The summed E-state index contributed by atoms with van der Waals surface area (Å²) in [6.45, 7) is 6.55. The Hall–Kier alpha value is -2.48. The molecular formula is C23H28N4O2S. The van der Waals surface area contributed by atoms with Gasteiger partial charge in [-0.1, -0.05) is 25.2 Å². The second-order valence-electron chi connectivity index (χ2n) is 7.40. The molecule has 1 aliphatic heterocycles. The molecule has 1 fully saturated rings. The number of morpholine rings is 1. The molecule has 2 N–H and O–H groups in total. The van der Waals surface area contributed by atoms with Crippen molar-refractivity contribution in [1.82, 2.24) is 15.2 Å². The van der Waals surface area contributed by atoms with Gasteiger partial charge in [-0.2, -0.15) is 0 Å². The van der Waals surface area contributed by atoms with Crippen LogP contribution in [0.5, 0.6) is 0 Å². The van der Waals surface area contributed by atoms with Gasteiger partial charge in [-0.25, -0.2) is 0 Å². The summed E-state index contributed by atoms with van der Waals surface area (Å²) in [5.74, 6) is 0.0602. The number of hydrogen-bond acceptors (Lipinski definition) is 6. The second-order valence-corrected chi connectivity index (χ2v) is 7.88. The van der Waals surface area contributed by atoms with Gasteiger partial charge in [-0.05, 0) is 35.3 Å². The van der Waals surface area contributed by atoms with E-state index in [4.69, 9.17) is 10.1 Å². The largest absolute Gasteiger partial charge is 0.379 e. The lowest BCUT2D eigenvalue weighted by atomic mass is 9.92. The summed E-state index contributed by atoms with van der Waals surface area (Å²) < 4.78 is 5.40. The van der Waals surface area contributed by atoms with E-state index >= 15 is 0 Å². The lowest BCUT2D eigenvalue weighted by Gasteiger charge is -2.29. The van der Waals surface area contributed by atoms with E-state index in [2.05, 4.69) is 53.0 Å². The summed E-state index contributed by atoms with van der Waals surface area (Å²) in [5.41, 5.74) is 2.88. The molecule has 0 saturated carbocycles. The number of allylic oxidation sites excluding steroid dienone is 1. The predicted molar refractivity (Wildman–Crippen MR) is 125 cm³/mol. The monoisotopic (exact) mass is 424 g/mol. The third-order valence-corrected chi connectivity index (χ3v) is 5.55. The van der Waals surface area contributed by atoms with Crippen LogP contribution in [-0.4, -0.2) is 60.9 Å². The van der Waals surface area contributed by atoms with Crippen LogP contribution in [0.15, 0.2) is 54.4 Å². The number of rotatable bonds is 7. The zero-order chi connectivity index (χ0) is 21.3.